The molecule has 0 spiro atoms. The Kier molecular flexibility index (Phi) is 2.54. The van der Waals surface area contributed by atoms with E-state index in [1.165, 1.54) is 15.6 Å². The van der Waals surface area contributed by atoms with E-state index in [1.807, 2.05) is 0 Å². The van der Waals surface area contributed by atoms with Gasteiger partial charge in [0.25, 0.3) is 0 Å². The van der Waals surface area contributed by atoms with Crippen LogP contribution in [0.2, 0.25) is 0 Å². The maximum absolute atomic E-state index is 5.65. The first-order valence-electron chi connectivity index (χ1n) is 5.45. The van der Waals surface area contributed by atoms with Crippen molar-refractivity contribution in [2.45, 2.75) is 18.9 Å². The van der Waals surface area contributed by atoms with Crippen LogP contribution in [0, 0.1) is 0 Å². The molecule has 1 aromatic carbocycles. The van der Waals surface area contributed by atoms with Crippen LogP contribution in [-0.4, -0.2) is 19.7 Å². The van der Waals surface area contributed by atoms with Crippen LogP contribution in [0.15, 0.2) is 16.6 Å². The molecule has 2 heterocycles. The number of hydrogen-bond acceptors (Lipinski definition) is 2. The van der Waals surface area contributed by atoms with Crippen LogP contribution >= 0.6 is 15.9 Å². The van der Waals surface area contributed by atoms with Crippen LogP contribution in [0.5, 0.6) is 0 Å². The molecule has 0 fully saturated rings. The lowest BCUT2D eigenvalue weighted by atomic mass is 9.88. The van der Waals surface area contributed by atoms with Gasteiger partial charge in [-0.1, -0.05) is 22.0 Å². The van der Waals surface area contributed by atoms with E-state index < -0.39 is 0 Å². The molecular formula is C12H14BrNO. The summed E-state index contributed by atoms with van der Waals surface area (Å²) in [6, 6.07) is 4.42. The SMILES string of the molecule is Brc1ccc2c3c1COCC3CNCC2. The number of benzene rings is 1. The first-order valence-corrected chi connectivity index (χ1v) is 6.24. The summed E-state index contributed by atoms with van der Waals surface area (Å²) < 4.78 is 6.86. The second-order valence-corrected chi connectivity index (χ2v) is 5.12. The van der Waals surface area contributed by atoms with Crippen molar-refractivity contribution in [3.63, 3.8) is 0 Å². The smallest absolute Gasteiger partial charge is 0.0731 e. The summed E-state index contributed by atoms with van der Waals surface area (Å²) >= 11 is 3.62. The zero-order chi connectivity index (χ0) is 10.3. The first-order chi connectivity index (χ1) is 7.36. The molecule has 1 N–H and O–H groups in total. The lowest BCUT2D eigenvalue weighted by Gasteiger charge is -2.27. The third kappa shape index (κ3) is 1.63. The topological polar surface area (TPSA) is 21.3 Å². The number of rotatable bonds is 0. The van der Waals surface area contributed by atoms with Gasteiger partial charge in [-0.3, -0.25) is 0 Å². The Morgan fingerprint density at radius 2 is 2.33 bits per heavy atom. The van der Waals surface area contributed by atoms with Gasteiger partial charge < -0.3 is 10.1 Å². The maximum atomic E-state index is 5.65. The molecular weight excluding hydrogens is 254 g/mol. The zero-order valence-electron chi connectivity index (χ0n) is 8.55. The van der Waals surface area contributed by atoms with Gasteiger partial charge >= 0.3 is 0 Å². The number of hydrogen-bond donors (Lipinski definition) is 1. The number of halogens is 1. The summed E-state index contributed by atoms with van der Waals surface area (Å²) in [5.74, 6) is 0.545. The molecule has 0 aromatic heterocycles. The van der Waals surface area contributed by atoms with Gasteiger partial charge in [0, 0.05) is 16.9 Å². The van der Waals surface area contributed by atoms with E-state index in [4.69, 9.17) is 4.74 Å². The number of ether oxygens (including phenoxy) is 1. The maximum Gasteiger partial charge on any atom is 0.0731 e. The Balaban J connectivity index is 2.18. The molecule has 0 radical (unpaired) electrons. The highest BCUT2D eigenvalue weighted by atomic mass is 79.9. The third-order valence-corrected chi connectivity index (χ3v) is 4.07. The van der Waals surface area contributed by atoms with Crippen LogP contribution in [0.25, 0.3) is 0 Å². The van der Waals surface area contributed by atoms with E-state index in [0.29, 0.717) is 5.92 Å². The largest absolute Gasteiger partial charge is 0.376 e. The Morgan fingerprint density at radius 1 is 1.40 bits per heavy atom. The van der Waals surface area contributed by atoms with E-state index in [2.05, 4.69) is 33.4 Å². The minimum atomic E-state index is 0.545. The highest BCUT2D eigenvalue weighted by Gasteiger charge is 2.26. The molecule has 2 nitrogen and oxygen atoms in total. The van der Waals surface area contributed by atoms with Crippen LogP contribution in [0.3, 0.4) is 0 Å². The van der Waals surface area contributed by atoms with Crippen LogP contribution < -0.4 is 5.32 Å². The second-order valence-electron chi connectivity index (χ2n) is 4.26. The van der Waals surface area contributed by atoms with Crippen LogP contribution in [0.4, 0.5) is 0 Å². The standard InChI is InChI=1S/C12H14BrNO/c13-11-2-1-8-3-4-14-5-9-6-15-7-10(11)12(8)9/h1-2,9,14H,3-7H2. The van der Waals surface area contributed by atoms with E-state index in [0.717, 1.165) is 32.7 Å². The number of nitrogens with one attached hydrogen (secondary N) is 1. The van der Waals surface area contributed by atoms with Crippen molar-refractivity contribution in [3.05, 3.63) is 33.3 Å². The minimum Gasteiger partial charge on any atom is -0.376 e. The fraction of sp³-hybridized carbons (Fsp3) is 0.500. The van der Waals surface area contributed by atoms with Crippen molar-refractivity contribution in [2.24, 2.45) is 0 Å². The van der Waals surface area contributed by atoms with Gasteiger partial charge in [0.2, 0.25) is 0 Å². The molecule has 80 valence electrons. The molecule has 2 aliphatic rings. The van der Waals surface area contributed by atoms with Crippen molar-refractivity contribution in [3.8, 4) is 0 Å². The second kappa shape index (κ2) is 3.89. The predicted octanol–water partition coefficient (Wildman–Crippen LogP) is 2.21. The molecule has 0 saturated heterocycles. The van der Waals surface area contributed by atoms with Crippen molar-refractivity contribution in [2.75, 3.05) is 19.7 Å². The van der Waals surface area contributed by atoms with E-state index in [9.17, 15) is 0 Å². The molecule has 0 saturated carbocycles. The molecule has 3 rings (SSSR count). The summed E-state index contributed by atoms with van der Waals surface area (Å²) in [5, 5.41) is 3.48. The Hall–Kier alpha value is -0.380. The van der Waals surface area contributed by atoms with Gasteiger partial charge in [0.1, 0.15) is 0 Å². The third-order valence-electron chi connectivity index (χ3n) is 3.33. The Bertz CT molecular complexity index is 391. The fourth-order valence-electron chi connectivity index (χ4n) is 2.61. The fourth-order valence-corrected chi connectivity index (χ4v) is 3.07. The highest BCUT2D eigenvalue weighted by molar-refractivity contribution is 9.10. The van der Waals surface area contributed by atoms with Gasteiger partial charge in [-0.15, -0.1) is 0 Å². The van der Waals surface area contributed by atoms with Crippen molar-refractivity contribution in [1.82, 2.24) is 5.32 Å². The molecule has 0 amide bonds. The van der Waals surface area contributed by atoms with Crippen molar-refractivity contribution < 1.29 is 4.74 Å². The van der Waals surface area contributed by atoms with Gasteiger partial charge in [-0.05, 0) is 35.7 Å². The monoisotopic (exact) mass is 267 g/mol. The lowest BCUT2D eigenvalue weighted by Crippen LogP contribution is -2.26. The summed E-state index contributed by atoms with van der Waals surface area (Å²) in [7, 11) is 0. The van der Waals surface area contributed by atoms with Crippen LogP contribution in [0.1, 0.15) is 22.6 Å². The van der Waals surface area contributed by atoms with Gasteiger partial charge in [-0.2, -0.15) is 0 Å². The molecule has 1 atom stereocenters. The van der Waals surface area contributed by atoms with E-state index in [-0.39, 0.29) is 0 Å². The van der Waals surface area contributed by atoms with Gasteiger partial charge in [-0.25, -0.2) is 0 Å². The quantitative estimate of drug-likeness (QED) is 0.779. The highest BCUT2D eigenvalue weighted by Crippen LogP contribution is 2.35. The molecule has 0 bridgehead atoms. The average Bonchev–Trinajstić information content (AvgIpc) is 2.47. The van der Waals surface area contributed by atoms with E-state index in [1.54, 1.807) is 5.56 Å². The normalized spacial score (nSPS) is 24.5. The summed E-state index contributed by atoms with van der Waals surface area (Å²) in [4.78, 5) is 0. The summed E-state index contributed by atoms with van der Waals surface area (Å²) in [6.45, 7) is 3.77. The zero-order valence-corrected chi connectivity index (χ0v) is 10.1. The van der Waals surface area contributed by atoms with Gasteiger partial charge in [0.05, 0.1) is 13.2 Å². The average molecular weight is 268 g/mol. The molecule has 0 aliphatic carbocycles. The van der Waals surface area contributed by atoms with Crippen molar-refractivity contribution in [1.29, 1.82) is 0 Å². The molecule has 1 unspecified atom stereocenters. The molecule has 15 heavy (non-hydrogen) atoms. The molecule has 3 heteroatoms. The first kappa shape index (κ1) is 9.82. The predicted molar refractivity (Wildman–Crippen MR) is 63.1 cm³/mol. The van der Waals surface area contributed by atoms with E-state index >= 15 is 0 Å². The summed E-state index contributed by atoms with van der Waals surface area (Å²) in [6.07, 6.45) is 1.14. The van der Waals surface area contributed by atoms with Crippen LogP contribution in [-0.2, 0) is 17.8 Å². The summed E-state index contributed by atoms with van der Waals surface area (Å²) in [5.41, 5.74) is 4.42. The minimum absolute atomic E-state index is 0.545. The van der Waals surface area contributed by atoms with Crippen molar-refractivity contribution >= 4 is 15.9 Å². The Labute approximate surface area is 98.1 Å². The van der Waals surface area contributed by atoms with Gasteiger partial charge in [0.15, 0.2) is 0 Å². The Morgan fingerprint density at radius 3 is 3.27 bits per heavy atom. The molecule has 1 aromatic rings. The lowest BCUT2D eigenvalue weighted by molar-refractivity contribution is 0.0908. The molecule has 2 aliphatic heterocycles.